The highest BCUT2D eigenvalue weighted by Gasteiger charge is 2.37. The molecule has 1 aromatic rings. The number of carboxylic acid groups (broad SMARTS) is 1. The molecule has 0 bridgehead atoms. The van der Waals surface area contributed by atoms with E-state index in [9.17, 15) is 18.3 Å². The van der Waals surface area contributed by atoms with Crippen LogP contribution >= 0.6 is 0 Å². The third-order valence-corrected chi connectivity index (χ3v) is 5.70. The van der Waals surface area contributed by atoms with E-state index in [1.807, 2.05) is 0 Å². The van der Waals surface area contributed by atoms with Crippen LogP contribution in [0.3, 0.4) is 0 Å². The monoisotopic (exact) mass is 298 g/mol. The van der Waals surface area contributed by atoms with Crippen LogP contribution in [0.1, 0.15) is 19.4 Å². The molecule has 6 heteroatoms. The summed E-state index contributed by atoms with van der Waals surface area (Å²) in [5, 5.41) is 8.68. The number of ether oxygens (including phenoxy) is 1. The second kappa shape index (κ2) is 5.18. The zero-order valence-electron chi connectivity index (χ0n) is 11.5. The fourth-order valence-corrected chi connectivity index (χ4v) is 3.74. The molecular formula is C14H18O5S. The van der Waals surface area contributed by atoms with E-state index < -0.39 is 26.5 Å². The van der Waals surface area contributed by atoms with Crippen molar-refractivity contribution in [3.8, 4) is 0 Å². The second-order valence-corrected chi connectivity index (χ2v) is 7.87. The molecular weight excluding hydrogens is 280 g/mol. The average Bonchev–Trinajstić information content (AvgIpc) is 2.25. The molecule has 0 radical (unpaired) electrons. The fraction of sp³-hybridized carbons (Fsp3) is 0.500. The quantitative estimate of drug-likeness (QED) is 0.891. The van der Waals surface area contributed by atoms with Crippen molar-refractivity contribution >= 4 is 15.8 Å². The molecule has 20 heavy (non-hydrogen) atoms. The minimum absolute atomic E-state index is 0.172. The number of benzene rings is 1. The molecule has 2 rings (SSSR count). The van der Waals surface area contributed by atoms with Crippen LogP contribution in [-0.4, -0.2) is 38.0 Å². The lowest BCUT2D eigenvalue weighted by Crippen LogP contribution is -2.41. The predicted molar refractivity (Wildman–Crippen MR) is 73.4 cm³/mol. The van der Waals surface area contributed by atoms with Gasteiger partial charge >= 0.3 is 5.97 Å². The summed E-state index contributed by atoms with van der Waals surface area (Å²) in [6, 6.07) is 6.60. The van der Waals surface area contributed by atoms with Gasteiger partial charge in [-0.25, -0.2) is 8.42 Å². The number of aliphatic carboxylic acids is 1. The highest BCUT2D eigenvalue weighted by atomic mass is 32.2. The lowest BCUT2D eigenvalue weighted by molar-refractivity contribution is -0.146. The summed E-state index contributed by atoms with van der Waals surface area (Å²) < 4.78 is 29.9. The van der Waals surface area contributed by atoms with E-state index in [1.54, 1.807) is 38.1 Å². The Hall–Kier alpha value is -1.40. The molecule has 110 valence electrons. The average molecular weight is 298 g/mol. The molecule has 0 amide bonds. The van der Waals surface area contributed by atoms with Crippen molar-refractivity contribution in [1.82, 2.24) is 0 Å². The molecule has 0 aliphatic carbocycles. The minimum Gasteiger partial charge on any atom is -0.481 e. The number of carbonyl (C=O) groups is 1. The van der Waals surface area contributed by atoms with Gasteiger partial charge in [0.15, 0.2) is 9.84 Å². The van der Waals surface area contributed by atoms with Gasteiger partial charge in [0.25, 0.3) is 0 Å². The molecule has 0 saturated carbocycles. The Labute approximate surface area is 118 Å². The molecule has 0 aromatic heterocycles. The predicted octanol–water partition coefficient (Wildman–Crippen LogP) is 1.51. The summed E-state index contributed by atoms with van der Waals surface area (Å²) in [6.45, 7) is 3.59. The van der Waals surface area contributed by atoms with Crippen LogP contribution < -0.4 is 0 Å². The molecule has 1 fully saturated rings. The van der Waals surface area contributed by atoms with E-state index in [0.29, 0.717) is 5.56 Å². The molecule has 1 N–H and O–H groups in total. The zero-order valence-corrected chi connectivity index (χ0v) is 12.3. The van der Waals surface area contributed by atoms with Crippen LogP contribution in [0.5, 0.6) is 0 Å². The van der Waals surface area contributed by atoms with Crippen LogP contribution in [0.4, 0.5) is 0 Å². The standard InChI is InChI=1S/C14H18O5S/c1-14(2,13(15)16)7-10-5-3-4-6-12(10)20(17,18)11-8-19-9-11/h3-6,11H,7-9H2,1-2H3,(H,15,16). The van der Waals surface area contributed by atoms with E-state index in [-0.39, 0.29) is 24.5 Å². The summed E-state index contributed by atoms with van der Waals surface area (Å²) in [7, 11) is -3.45. The van der Waals surface area contributed by atoms with E-state index in [2.05, 4.69) is 0 Å². The molecule has 1 heterocycles. The minimum atomic E-state index is -3.45. The molecule has 1 aliphatic rings. The van der Waals surface area contributed by atoms with Crippen molar-refractivity contribution in [2.45, 2.75) is 30.4 Å². The summed E-state index contributed by atoms with van der Waals surface area (Å²) in [6.07, 6.45) is 0.172. The van der Waals surface area contributed by atoms with E-state index in [1.165, 1.54) is 0 Å². The Kier molecular flexibility index (Phi) is 3.88. The number of carboxylic acids is 1. The SMILES string of the molecule is CC(C)(Cc1ccccc1S(=O)(=O)C1COC1)C(=O)O. The van der Waals surface area contributed by atoms with E-state index >= 15 is 0 Å². The van der Waals surface area contributed by atoms with Gasteiger partial charge in [0, 0.05) is 0 Å². The van der Waals surface area contributed by atoms with E-state index in [4.69, 9.17) is 4.74 Å². The molecule has 5 nitrogen and oxygen atoms in total. The van der Waals surface area contributed by atoms with Crippen LogP contribution in [0.2, 0.25) is 0 Å². The number of hydrogen-bond acceptors (Lipinski definition) is 4. The maximum absolute atomic E-state index is 12.5. The maximum atomic E-state index is 12.5. The van der Waals surface area contributed by atoms with Crippen LogP contribution in [0, 0.1) is 5.41 Å². The van der Waals surface area contributed by atoms with Gasteiger partial charge in [0.1, 0.15) is 5.25 Å². The fourth-order valence-electron chi connectivity index (χ4n) is 2.05. The first-order valence-electron chi connectivity index (χ1n) is 6.38. The first-order chi connectivity index (χ1) is 9.25. The van der Waals surface area contributed by atoms with Gasteiger partial charge in [0.2, 0.25) is 0 Å². The van der Waals surface area contributed by atoms with Crippen molar-refractivity contribution in [3.05, 3.63) is 29.8 Å². The Balaban J connectivity index is 2.39. The highest BCUT2D eigenvalue weighted by Crippen LogP contribution is 2.29. The zero-order chi connectivity index (χ0) is 15.0. The Morgan fingerprint density at radius 3 is 2.45 bits per heavy atom. The Morgan fingerprint density at radius 1 is 1.35 bits per heavy atom. The lowest BCUT2D eigenvalue weighted by Gasteiger charge is -2.27. The largest absolute Gasteiger partial charge is 0.481 e. The van der Waals surface area contributed by atoms with Crippen molar-refractivity contribution in [2.24, 2.45) is 5.41 Å². The summed E-state index contributed by atoms with van der Waals surface area (Å²) in [4.78, 5) is 11.4. The van der Waals surface area contributed by atoms with Gasteiger partial charge < -0.3 is 9.84 Å². The molecule has 1 aromatic carbocycles. The Bertz CT molecular complexity index is 614. The molecule has 0 atom stereocenters. The van der Waals surface area contributed by atoms with Gasteiger partial charge in [-0.3, -0.25) is 4.79 Å². The summed E-state index contributed by atoms with van der Waals surface area (Å²) in [5.41, 5.74) is -0.464. The van der Waals surface area contributed by atoms with Gasteiger partial charge in [-0.05, 0) is 31.9 Å². The first kappa shape index (κ1) is 15.0. The van der Waals surface area contributed by atoms with Crippen LogP contribution in [0.15, 0.2) is 29.2 Å². The third kappa shape index (κ3) is 2.71. The van der Waals surface area contributed by atoms with Crippen molar-refractivity contribution in [2.75, 3.05) is 13.2 Å². The van der Waals surface area contributed by atoms with Crippen molar-refractivity contribution in [3.63, 3.8) is 0 Å². The Morgan fingerprint density at radius 2 is 1.95 bits per heavy atom. The molecule has 1 saturated heterocycles. The summed E-state index contributed by atoms with van der Waals surface area (Å²) >= 11 is 0. The van der Waals surface area contributed by atoms with Gasteiger partial charge in [-0.15, -0.1) is 0 Å². The van der Waals surface area contributed by atoms with E-state index in [0.717, 1.165) is 0 Å². The number of rotatable bonds is 5. The molecule has 1 aliphatic heterocycles. The molecule has 0 unspecified atom stereocenters. The lowest BCUT2D eigenvalue weighted by atomic mass is 9.86. The van der Waals surface area contributed by atoms with Gasteiger partial charge in [-0.2, -0.15) is 0 Å². The normalized spacial score (nSPS) is 16.7. The van der Waals surface area contributed by atoms with Crippen LogP contribution in [-0.2, 0) is 25.8 Å². The van der Waals surface area contributed by atoms with Crippen molar-refractivity contribution < 1.29 is 23.1 Å². The van der Waals surface area contributed by atoms with Crippen molar-refractivity contribution in [1.29, 1.82) is 0 Å². The number of sulfone groups is 1. The summed E-state index contributed by atoms with van der Waals surface area (Å²) in [5.74, 6) is -0.948. The molecule has 0 spiro atoms. The maximum Gasteiger partial charge on any atom is 0.309 e. The topological polar surface area (TPSA) is 80.7 Å². The smallest absolute Gasteiger partial charge is 0.309 e. The number of hydrogen-bond donors (Lipinski definition) is 1. The van der Waals surface area contributed by atoms with Gasteiger partial charge in [0.05, 0.1) is 23.5 Å². The van der Waals surface area contributed by atoms with Crippen LogP contribution in [0.25, 0.3) is 0 Å². The third-order valence-electron chi connectivity index (χ3n) is 3.54. The highest BCUT2D eigenvalue weighted by molar-refractivity contribution is 7.92. The second-order valence-electron chi connectivity index (χ2n) is 5.68. The first-order valence-corrected chi connectivity index (χ1v) is 7.93. The van der Waals surface area contributed by atoms with Gasteiger partial charge in [-0.1, -0.05) is 18.2 Å².